The standard InChI is InChI=1S/C34H34N2O4S/c1-33(2,3)23-11-7-21(8-12-23)31(37)35-25-15-17-27-28-18-16-26(20-30(28)41(39,40)29(27)19-25)36-32(38)22-9-13-24(14-10-22)34(4,5)6/h7-20H,1-6H3,(H,35,37)(H,36,38). The van der Waals surface area contributed by atoms with Crippen LogP contribution >= 0.6 is 0 Å². The molecule has 1 heterocycles. The van der Waals surface area contributed by atoms with Crippen LogP contribution in [0.5, 0.6) is 0 Å². The summed E-state index contributed by atoms with van der Waals surface area (Å²) in [4.78, 5) is 26.0. The van der Waals surface area contributed by atoms with Crippen LogP contribution in [-0.2, 0) is 20.7 Å². The smallest absolute Gasteiger partial charge is 0.255 e. The molecule has 0 aliphatic carbocycles. The molecule has 0 bridgehead atoms. The first-order chi connectivity index (χ1) is 19.1. The predicted octanol–water partition coefficient (Wildman–Crippen LogP) is 7.60. The van der Waals surface area contributed by atoms with Gasteiger partial charge in [-0.1, -0.05) is 77.9 Å². The van der Waals surface area contributed by atoms with E-state index in [0.717, 1.165) is 11.1 Å². The number of nitrogens with one attached hydrogen (secondary N) is 2. The molecule has 4 aromatic carbocycles. The van der Waals surface area contributed by atoms with Gasteiger partial charge in [0.25, 0.3) is 11.8 Å². The van der Waals surface area contributed by atoms with E-state index in [2.05, 4.69) is 52.2 Å². The van der Waals surface area contributed by atoms with Crippen molar-refractivity contribution in [1.29, 1.82) is 0 Å². The molecule has 2 amide bonds. The summed E-state index contributed by atoms with van der Waals surface area (Å²) in [5.74, 6) is -0.641. The van der Waals surface area contributed by atoms with Crippen molar-refractivity contribution >= 4 is 33.0 Å². The van der Waals surface area contributed by atoms with Crippen molar-refractivity contribution in [1.82, 2.24) is 0 Å². The van der Waals surface area contributed by atoms with Gasteiger partial charge in [0.1, 0.15) is 0 Å². The van der Waals surface area contributed by atoms with Crippen LogP contribution in [0.1, 0.15) is 73.4 Å². The first-order valence-electron chi connectivity index (χ1n) is 13.5. The van der Waals surface area contributed by atoms with Crippen LogP contribution < -0.4 is 10.6 Å². The lowest BCUT2D eigenvalue weighted by molar-refractivity contribution is 0.101. The molecule has 1 aliphatic heterocycles. The third-order valence-corrected chi connectivity index (χ3v) is 9.21. The summed E-state index contributed by atoms with van der Waals surface area (Å²) < 4.78 is 27.1. The summed E-state index contributed by atoms with van der Waals surface area (Å²) in [5, 5.41) is 5.64. The molecule has 1 aliphatic rings. The largest absolute Gasteiger partial charge is 0.322 e. The minimum absolute atomic E-state index is 0.0290. The number of amides is 2. The van der Waals surface area contributed by atoms with Gasteiger partial charge < -0.3 is 10.6 Å². The molecule has 0 fully saturated rings. The Morgan fingerprint density at radius 2 is 0.878 bits per heavy atom. The van der Waals surface area contributed by atoms with Gasteiger partial charge in [-0.05, 0) is 70.5 Å². The van der Waals surface area contributed by atoms with Gasteiger partial charge in [0.05, 0.1) is 9.79 Å². The van der Waals surface area contributed by atoms with E-state index >= 15 is 0 Å². The van der Waals surface area contributed by atoms with Gasteiger partial charge in [0.2, 0.25) is 9.84 Å². The zero-order valence-corrected chi connectivity index (χ0v) is 24.9. The Bertz CT molecular complexity index is 1650. The maximum absolute atomic E-state index is 13.5. The minimum atomic E-state index is -3.86. The summed E-state index contributed by atoms with van der Waals surface area (Å²) in [6.07, 6.45) is 0. The van der Waals surface area contributed by atoms with Crippen molar-refractivity contribution in [3.05, 3.63) is 107 Å². The number of hydrogen-bond acceptors (Lipinski definition) is 4. The predicted molar refractivity (Wildman–Crippen MR) is 164 cm³/mol. The first kappa shape index (κ1) is 28.3. The zero-order valence-electron chi connectivity index (χ0n) is 24.1. The molecule has 2 N–H and O–H groups in total. The van der Waals surface area contributed by atoms with E-state index < -0.39 is 9.84 Å². The Labute approximate surface area is 241 Å². The summed E-state index contributed by atoms with van der Waals surface area (Å²) in [6.45, 7) is 12.6. The van der Waals surface area contributed by atoms with E-state index in [9.17, 15) is 18.0 Å². The summed E-state index contributed by atoms with van der Waals surface area (Å²) in [6, 6.07) is 24.5. The highest BCUT2D eigenvalue weighted by Crippen LogP contribution is 2.45. The lowest BCUT2D eigenvalue weighted by Crippen LogP contribution is -2.14. The molecule has 210 valence electrons. The number of carbonyl (C=O) groups excluding carboxylic acids is 2. The van der Waals surface area contributed by atoms with E-state index in [1.807, 2.05) is 24.3 Å². The van der Waals surface area contributed by atoms with Crippen molar-refractivity contribution in [3.8, 4) is 11.1 Å². The quantitative estimate of drug-likeness (QED) is 0.234. The Balaban J connectivity index is 1.35. The number of hydrogen-bond donors (Lipinski definition) is 2. The molecular formula is C34H34N2O4S. The van der Waals surface area contributed by atoms with E-state index in [4.69, 9.17) is 0 Å². The zero-order chi connectivity index (χ0) is 29.7. The van der Waals surface area contributed by atoms with Crippen LogP contribution in [0.4, 0.5) is 11.4 Å². The van der Waals surface area contributed by atoms with Crippen molar-refractivity contribution in [2.24, 2.45) is 0 Å². The summed E-state index contributed by atoms with van der Waals surface area (Å²) in [7, 11) is -3.86. The fourth-order valence-corrected chi connectivity index (χ4v) is 6.59. The molecular weight excluding hydrogens is 532 g/mol. The number of rotatable bonds is 4. The monoisotopic (exact) mass is 566 g/mol. The van der Waals surface area contributed by atoms with Crippen molar-refractivity contribution in [2.45, 2.75) is 62.2 Å². The van der Waals surface area contributed by atoms with Crippen LogP contribution in [0.15, 0.2) is 94.7 Å². The first-order valence-corrected chi connectivity index (χ1v) is 15.0. The molecule has 0 saturated heterocycles. The maximum Gasteiger partial charge on any atom is 0.255 e. The molecule has 4 aromatic rings. The second-order valence-corrected chi connectivity index (χ2v) is 14.4. The van der Waals surface area contributed by atoms with E-state index in [-0.39, 0.29) is 32.4 Å². The molecule has 41 heavy (non-hydrogen) atoms. The number of benzene rings is 4. The fourth-order valence-electron chi connectivity index (χ4n) is 4.86. The highest BCUT2D eigenvalue weighted by molar-refractivity contribution is 7.92. The van der Waals surface area contributed by atoms with Crippen LogP contribution in [0.2, 0.25) is 0 Å². The van der Waals surface area contributed by atoms with Gasteiger partial charge in [-0.2, -0.15) is 0 Å². The highest BCUT2D eigenvalue weighted by Gasteiger charge is 2.33. The van der Waals surface area contributed by atoms with Gasteiger partial charge in [-0.25, -0.2) is 8.42 Å². The number of anilines is 2. The van der Waals surface area contributed by atoms with Gasteiger partial charge in [-0.3, -0.25) is 9.59 Å². The Hall–Kier alpha value is -4.23. The average Bonchev–Trinajstić information content (AvgIpc) is 3.13. The van der Waals surface area contributed by atoms with E-state index in [1.54, 1.807) is 48.5 Å². The van der Waals surface area contributed by atoms with Crippen LogP contribution in [0.25, 0.3) is 11.1 Å². The van der Waals surface area contributed by atoms with Crippen LogP contribution in [0.3, 0.4) is 0 Å². The normalized spacial score (nSPS) is 13.7. The third kappa shape index (κ3) is 5.55. The second kappa shape index (κ2) is 10.00. The maximum atomic E-state index is 13.5. The van der Waals surface area contributed by atoms with Gasteiger partial charge in [-0.15, -0.1) is 0 Å². The van der Waals surface area contributed by atoms with Crippen molar-refractivity contribution < 1.29 is 18.0 Å². The molecule has 0 spiro atoms. The molecule has 5 rings (SSSR count). The molecule has 0 unspecified atom stereocenters. The topological polar surface area (TPSA) is 92.3 Å². The van der Waals surface area contributed by atoms with Gasteiger partial charge in [0.15, 0.2) is 0 Å². The minimum Gasteiger partial charge on any atom is -0.322 e. The second-order valence-electron chi connectivity index (χ2n) is 12.5. The number of carbonyl (C=O) groups is 2. The Morgan fingerprint density at radius 1 is 0.537 bits per heavy atom. The molecule has 0 aromatic heterocycles. The molecule has 0 radical (unpaired) electrons. The van der Waals surface area contributed by atoms with Gasteiger partial charge >= 0.3 is 0 Å². The Morgan fingerprint density at radius 3 is 1.20 bits per heavy atom. The van der Waals surface area contributed by atoms with E-state index in [1.165, 1.54) is 12.1 Å². The van der Waals surface area contributed by atoms with E-state index in [0.29, 0.717) is 33.6 Å². The number of fused-ring (bicyclic) bond motifs is 3. The molecule has 0 atom stereocenters. The van der Waals surface area contributed by atoms with Gasteiger partial charge in [0, 0.05) is 33.6 Å². The average molecular weight is 567 g/mol. The third-order valence-electron chi connectivity index (χ3n) is 7.37. The SMILES string of the molecule is CC(C)(C)c1ccc(C(=O)Nc2ccc3c(c2)S(=O)(=O)c2cc(NC(=O)c4ccc(C(C)(C)C)cc4)ccc2-3)cc1. The molecule has 0 saturated carbocycles. The molecule has 7 heteroatoms. The fraction of sp³-hybridized carbons (Fsp3) is 0.235. The number of sulfone groups is 1. The van der Waals surface area contributed by atoms with Crippen molar-refractivity contribution in [3.63, 3.8) is 0 Å². The lowest BCUT2D eigenvalue weighted by atomic mass is 9.86. The van der Waals surface area contributed by atoms with Crippen molar-refractivity contribution in [2.75, 3.05) is 10.6 Å². The summed E-state index contributed by atoms with van der Waals surface area (Å²) in [5.41, 5.74) is 5.03. The van der Waals surface area contributed by atoms with Crippen LogP contribution in [0, 0.1) is 0 Å². The van der Waals surface area contributed by atoms with Crippen LogP contribution in [-0.4, -0.2) is 20.2 Å². The highest BCUT2D eigenvalue weighted by atomic mass is 32.2. The molecule has 6 nitrogen and oxygen atoms in total. The summed E-state index contributed by atoms with van der Waals surface area (Å²) >= 11 is 0. The lowest BCUT2D eigenvalue weighted by Gasteiger charge is -2.19. The Kier molecular flexibility index (Phi) is 6.90.